The number of anilines is 3. The Balaban J connectivity index is 0.780. The predicted molar refractivity (Wildman–Crippen MR) is 394 cm³/mol. The van der Waals surface area contributed by atoms with Crippen molar-refractivity contribution in [3.8, 4) is 5.88 Å². The maximum absolute atomic E-state index is 13.8. The third-order valence-corrected chi connectivity index (χ3v) is 23.5. The minimum atomic E-state index is -5.02. The summed E-state index contributed by atoms with van der Waals surface area (Å²) in [5.74, 6) is -0.424. The molecule has 4 aliphatic rings. The number of fused-ring (bicyclic) bond motifs is 7. The minimum absolute atomic E-state index is 0.0125. The van der Waals surface area contributed by atoms with E-state index in [1.165, 1.54) is 43.8 Å². The number of carbonyl (C=O) groups is 4. The van der Waals surface area contributed by atoms with Gasteiger partial charge in [-0.25, -0.2) is 14.8 Å². The molecule has 4 aliphatic heterocycles. The number of carboxylic acids is 1. The number of amides is 4. The lowest BCUT2D eigenvalue weighted by Crippen LogP contribution is -2.39. The van der Waals surface area contributed by atoms with Gasteiger partial charge in [-0.15, -0.1) is 0 Å². The van der Waals surface area contributed by atoms with E-state index in [1.807, 2.05) is 69.6 Å². The molecule has 7 heterocycles. The van der Waals surface area contributed by atoms with Crippen molar-refractivity contribution in [2.24, 2.45) is 0 Å². The molecule has 2 atom stereocenters. The normalized spacial score (nSPS) is 17.3. The number of urea groups is 1. The van der Waals surface area contributed by atoms with Crippen LogP contribution in [-0.2, 0) is 80.3 Å². The zero-order chi connectivity index (χ0) is 75.9. The van der Waals surface area contributed by atoms with E-state index in [2.05, 4.69) is 27.0 Å². The van der Waals surface area contributed by atoms with Gasteiger partial charge < -0.3 is 45.4 Å². The number of carbonyl (C=O) groups excluding carboxylic acids is 3. The van der Waals surface area contributed by atoms with Crippen LogP contribution in [0.25, 0.3) is 27.1 Å². The fraction of sp³-hybridized carbons (Fsp3) is 0.384. The second kappa shape index (κ2) is 30.2. The molecule has 0 saturated carbocycles. The van der Waals surface area contributed by atoms with Gasteiger partial charge in [0.1, 0.15) is 15.6 Å². The van der Waals surface area contributed by atoms with Crippen LogP contribution >= 0.6 is 0 Å². The van der Waals surface area contributed by atoms with Gasteiger partial charge in [-0.05, 0) is 157 Å². The molecule has 558 valence electrons. The third kappa shape index (κ3) is 16.1. The molecule has 32 heteroatoms. The fourth-order valence-electron chi connectivity index (χ4n) is 15.0. The van der Waals surface area contributed by atoms with Gasteiger partial charge in [0.15, 0.2) is 0 Å². The zero-order valence-corrected chi connectivity index (χ0v) is 62.2. The zero-order valence-electron chi connectivity index (χ0n) is 59.0. The van der Waals surface area contributed by atoms with Gasteiger partial charge in [0, 0.05) is 122 Å². The number of nitrogens with one attached hydrogen (secondary N) is 3. The molecule has 11 rings (SSSR count). The quantitative estimate of drug-likeness (QED) is 0.0128. The van der Waals surface area contributed by atoms with Crippen LogP contribution < -0.4 is 30.5 Å². The topological polar surface area (TPSA) is 403 Å². The number of likely N-dealkylation sites (N-methyl/N-ethyl adjacent to an activating group) is 2. The first-order valence-corrected chi connectivity index (χ1v) is 40.1. The number of hydrogen-bond donors (Lipinski definition) is 8. The monoisotopic (exact) mass is 1520 g/mol. The average molecular weight is 1520 g/mol. The predicted octanol–water partition coefficient (Wildman–Crippen LogP) is 9.85. The molecule has 28 nitrogen and oxygen atoms in total. The molecule has 105 heavy (non-hydrogen) atoms. The smallest absolute Gasteiger partial charge is 0.320 e. The number of allylic oxidation sites excluding steroid dienone is 5. The van der Waals surface area contributed by atoms with Crippen LogP contribution in [0.5, 0.6) is 5.88 Å². The average Bonchev–Trinajstić information content (AvgIpc) is 1.41. The van der Waals surface area contributed by atoms with E-state index in [9.17, 15) is 76.2 Å². The van der Waals surface area contributed by atoms with Gasteiger partial charge in [0.25, 0.3) is 46.4 Å². The summed E-state index contributed by atoms with van der Waals surface area (Å²) in [6.45, 7) is 14.5. The van der Waals surface area contributed by atoms with Gasteiger partial charge in [-0.1, -0.05) is 70.5 Å². The lowest BCUT2D eigenvalue weighted by Gasteiger charge is -2.32. The number of aliphatic carboxylic acids is 1. The van der Waals surface area contributed by atoms with Crippen LogP contribution in [0.2, 0.25) is 0 Å². The van der Waals surface area contributed by atoms with Gasteiger partial charge in [0.2, 0.25) is 11.8 Å². The number of ether oxygens (including phenoxy) is 1. The molecule has 1 saturated heterocycles. The van der Waals surface area contributed by atoms with E-state index in [0.29, 0.717) is 134 Å². The van der Waals surface area contributed by atoms with Crippen molar-refractivity contribution in [2.75, 3.05) is 68.0 Å². The van der Waals surface area contributed by atoms with Gasteiger partial charge in [0.05, 0.1) is 46.7 Å². The SMILES string of the molecule is CCN1/C(=C/C=C(/C=C/C2N(CC)c3ccc4c(S(=O)(=O)O)cc(S(=O)(=O)O)cc4c3C2(C)C)c2ccc(C(=O)NCCCCCC(=O)NCc3cc4c(nc3CCCN3CCN([C@@H](CC(=O)O)c5ccc(OC)nc5)C3=O)NCCC4)cn2)C(C)(C)c2c1ccc1c(S(=O)(=O)O)cc(S(=O)(=O)O)cc21. The summed E-state index contributed by atoms with van der Waals surface area (Å²) in [6, 6.07) is 17.2. The summed E-state index contributed by atoms with van der Waals surface area (Å²) in [5, 5.41) is 19.5. The number of unbranched alkanes of at least 4 members (excludes halogenated alkanes) is 2. The molecule has 4 aromatic carbocycles. The first-order chi connectivity index (χ1) is 49.5. The van der Waals surface area contributed by atoms with E-state index >= 15 is 0 Å². The largest absolute Gasteiger partial charge is 0.481 e. The van der Waals surface area contributed by atoms with E-state index in [0.717, 1.165) is 42.0 Å². The lowest BCUT2D eigenvalue weighted by atomic mass is 9.78. The maximum Gasteiger partial charge on any atom is 0.320 e. The van der Waals surface area contributed by atoms with Crippen LogP contribution in [0.15, 0.2) is 141 Å². The van der Waals surface area contributed by atoms with Crippen molar-refractivity contribution >= 4 is 109 Å². The highest BCUT2D eigenvalue weighted by Crippen LogP contribution is 2.53. The Bertz CT molecular complexity index is 5210. The molecule has 0 aliphatic carbocycles. The lowest BCUT2D eigenvalue weighted by molar-refractivity contribution is -0.138. The third-order valence-electron chi connectivity index (χ3n) is 20.1. The Morgan fingerprint density at radius 3 is 2.02 bits per heavy atom. The molecular formula is C73H84N10O18S4. The number of benzene rings is 4. The molecule has 7 aromatic rings. The van der Waals surface area contributed by atoms with Crippen LogP contribution in [-0.4, -0.2) is 165 Å². The van der Waals surface area contributed by atoms with E-state index < -0.39 is 94.8 Å². The summed E-state index contributed by atoms with van der Waals surface area (Å²) < 4.78 is 148. The molecule has 1 unspecified atom stereocenters. The number of methoxy groups -OCH3 is 1. The maximum atomic E-state index is 13.8. The molecule has 8 N–H and O–H groups in total. The number of pyridine rings is 3. The summed E-state index contributed by atoms with van der Waals surface area (Å²) in [4.78, 5) is 71.2. The highest BCUT2D eigenvalue weighted by atomic mass is 32.2. The molecule has 3 aromatic heterocycles. The van der Waals surface area contributed by atoms with Crippen molar-refractivity contribution in [2.45, 2.75) is 148 Å². The fourth-order valence-corrected chi connectivity index (χ4v) is 17.7. The molecule has 0 radical (unpaired) electrons. The van der Waals surface area contributed by atoms with Crippen molar-refractivity contribution in [3.05, 3.63) is 166 Å². The number of nitrogens with zero attached hydrogens (tertiary/aromatic N) is 7. The van der Waals surface area contributed by atoms with E-state index in [4.69, 9.17) is 14.7 Å². The second-order valence-corrected chi connectivity index (χ2v) is 33.1. The number of aromatic nitrogens is 3. The van der Waals surface area contributed by atoms with Crippen LogP contribution in [0.4, 0.5) is 22.0 Å². The van der Waals surface area contributed by atoms with Gasteiger partial charge in [-0.3, -0.25) is 37.6 Å². The van der Waals surface area contributed by atoms with E-state index in [1.54, 1.807) is 52.3 Å². The Morgan fingerprint density at radius 2 is 1.42 bits per heavy atom. The Labute approximate surface area is 609 Å². The number of rotatable bonds is 28. The van der Waals surface area contributed by atoms with Crippen molar-refractivity contribution in [1.82, 2.24) is 35.4 Å². The van der Waals surface area contributed by atoms with Crippen molar-refractivity contribution in [1.29, 1.82) is 0 Å². The Hall–Kier alpha value is -9.41. The number of hydrogen-bond acceptors (Lipinski definition) is 19. The number of carboxylic acid groups (broad SMARTS) is 1. The van der Waals surface area contributed by atoms with Crippen molar-refractivity contribution in [3.63, 3.8) is 0 Å². The first kappa shape index (κ1) is 76.7. The standard InChI is InChI=1S/C73H84N10O18S4/c1-8-81-57-25-22-51-53(36-49(102(89,90)91)38-60(51)104(95,96)97)67(57)72(3,4)62(81)27-19-44(20-28-63-73(5,6)68-54-37-50(103(92,93)94)39-61(105(98,99)100)52(54)23-26-58(68)82(63)9-2)55-24-18-47(42-76-55)70(87)75-30-12-10-11-17-64(84)77-43-48-35-45-15-13-31-74-69(45)79-56(48)16-14-32-80-33-34-83(71(80)88)59(40-66(85)86)46-21-29-65(101-7)78-41-46/h18-29,35-39,41-42,59,62H,8-17,30-34,40,43H2,1-7H3,(H,74,79)(H,75,87)(H,77,84)(H,85,86)(H,89,90,91)(H,92,93,94)(H,95,96,97)(H,98,99,100)/b27-19+,44-20-,63-28+/t59-,62?/m0/s1. The summed E-state index contributed by atoms with van der Waals surface area (Å²) in [6.07, 6.45) is 14.8. The molecule has 4 amide bonds. The highest BCUT2D eigenvalue weighted by molar-refractivity contribution is 7.87. The van der Waals surface area contributed by atoms with Crippen LogP contribution in [0, 0.1) is 0 Å². The molecule has 0 spiro atoms. The Kier molecular flexibility index (Phi) is 22.1. The Morgan fingerprint density at radius 1 is 0.743 bits per heavy atom. The minimum Gasteiger partial charge on any atom is -0.481 e. The first-order valence-electron chi connectivity index (χ1n) is 34.4. The second-order valence-electron chi connectivity index (χ2n) is 27.4. The molecular weight excluding hydrogens is 1430 g/mol. The highest BCUT2D eigenvalue weighted by Gasteiger charge is 2.46. The molecule has 1 fully saturated rings. The molecule has 0 bridgehead atoms. The summed E-state index contributed by atoms with van der Waals surface area (Å²) in [7, 11) is -18.5. The van der Waals surface area contributed by atoms with Crippen LogP contribution in [0.3, 0.4) is 0 Å². The van der Waals surface area contributed by atoms with E-state index in [-0.39, 0.29) is 58.4 Å². The summed E-state index contributed by atoms with van der Waals surface area (Å²) >= 11 is 0. The van der Waals surface area contributed by atoms with Gasteiger partial charge in [-0.2, -0.15) is 33.7 Å². The van der Waals surface area contributed by atoms with Crippen molar-refractivity contribution < 1.29 is 80.9 Å². The van der Waals surface area contributed by atoms with Crippen LogP contribution in [0.1, 0.15) is 142 Å². The number of aryl methyl sites for hydroxylation is 2. The summed E-state index contributed by atoms with van der Waals surface area (Å²) in [5.41, 5.74) is 5.36. The van der Waals surface area contributed by atoms with Gasteiger partial charge >= 0.3 is 12.0 Å².